The first kappa shape index (κ1) is 17.9. The van der Waals surface area contributed by atoms with Crippen molar-refractivity contribution in [2.45, 2.75) is 19.0 Å². The van der Waals surface area contributed by atoms with Gasteiger partial charge in [0.25, 0.3) is 0 Å². The number of ether oxygens (including phenoxy) is 1. The zero-order chi connectivity index (χ0) is 18.5. The highest BCUT2D eigenvalue weighted by Gasteiger charge is 2.15. The molecule has 0 aliphatic rings. The minimum absolute atomic E-state index is 0.157. The van der Waals surface area contributed by atoms with Gasteiger partial charge in [-0.05, 0) is 47.5 Å². The number of thioether (sulfide) groups is 1. The average molecular weight is 369 g/mol. The van der Waals surface area contributed by atoms with Crippen LogP contribution in [0.4, 0.5) is 5.69 Å². The minimum Gasteiger partial charge on any atom is -0.495 e. The number of anilines is 1. The van der Waals surface area contributed by atoms with Crippen LogP contribution < -0.4 is 10.1 Å². The van der Waals surface area contributed by atoms with E-state index in [-0.39, 0.29) is 11.7 Å². The second kappa shape index (κ2) is 8.01. The van der Waals surface area contributed by atoms with Gasteiger partial charge in [0.1, 0.15) is 5.75 Å². The van der Waals surface area contributed by atoms with E-state index in [1.165, 1.54) is 11.8 Å². The fourth-order valence-corrected chi connectivity index (χ4v) is 3.29. The summed E-state index contributed by atoms with van der Waals surface area (Å²) in [6, 6.07) is 13.3. The Morgan fingerprint density at radius 3 is 2.62 bits per heavy atom. The average Bonchev–Trinajstić information content (AvgIpc) is 3.08. The van der Waals surface area contributed by atoms with Crippen molar-refractivity contribution in [3.05, 3.63) is 53.6 Å². The Bertz CT molecular complexity index is 905. The Balaban J connectivity index is 1.72. The van der Waals surface area contributed by atoms with Gasteiger partial charge in [-0.1, -0.05) is 42.1 Å². The Hall–Kier alpha value is -2.87. The predicted molar refractivity (Wildman–Crippen MR) is 101 cm³/mol. The van der Waals surface area contributed by atoms with E-state index in [0.29, 0.717) is 16.6 Å². The smallest absolute Gasteiger partial charge is 0.234 e. The number of nitrogens with zero attached hydrogens (tertiary/aromatic N) is 4. The number of benzene rings is 2. The summed E-state index contributed by atoms with van der Waals surface area (Å²) in [5, 5.41) is 15.3. The van der Waals surface area contributed by atoms with E-state index in [9.17, 15) is 4.79 Å². The van der Waals surface area contributed by atoms with Crippen LogP contribution in [0, 0.1) is 13.8 Å². The molecule has 1 heterocycles. The third-order valence-electron chi connectivity index (χ3n) is 3.81. The lowest BCUT2D eigenvalue weighted by atomic mass is 10.1. The van der Waals surface area contributed by atoms with E-state index < -0.39 is 0 Å². The van der Waals surface area contributed by atoms with E-state index in [4.69, 9.17) is 4.74 Å². The number of aryl methyl sites for hydroxylation is 2. The van der Waals surface area contributed by atoms with Crippen molar-refractivity contribution in [1.82, 2.24) is 20.2 Å². The van der Waals surface area contributed by atoms with Crippen molar-refractivity contribution < 1.29 is 9.53 Å². The quantitative estimate of drug-likeness (QED) is 0.673. The highest BCUT2D eigenvalue weighted by Crippen LogP contribution is 2.25. The lowest BCUT2D eigenvalue weighted by molar-refractivity contribution is -0.113. The molecular weight excluding hydrogens is 350 g/mol. The van der Waals surface area contributed by atoms with Gasteiger partial charge < -0.3 is 10.1 Å². The van der Waals surface area contributed by atoms with Crippen molar-refractivity contribution >= 4 is 23.4 Å². The second-order valence-corrected chi connectivity index (χ2v) is 6.59. The van der Waals surface area contributed by atoms with Crippen molar-refractivity contribution in [3.8, 4) is 11.4 Å². The van der Waals surface area contributed by atoms with Crippen LogP contribution in [-0.2, 0) is 4.79 Å². The number of tetrazole rings is 1. The van der Waals surface area contributed by atoms with Gasteiger partial charge in [-0.25, -0.2) is 0 Å². The number of amides is 1. The molecule has 0 atom stereocenters. The maximum absolute atomic E-state index is 12.3. The molecular formula is C18H19N5O2S. The van der Waals surface area contributed by atoms with Gasteiger partial charge in [0.2, 0.25) is 11.1 Å². The summed E-state index contributed by atoms with van der Waals surface area (Å²) in [7, 11) is 1.57. The highest BCUT2D eigenvalue weighted by molar-refractivity contribution is 7.99. The van der Waals surface area contributed by atoms with E-state index in [2.05, 4.69) is 20.8 Å². The molecule has 0 saturated carbocycles. The van der Waals surface area contributed by atoms with Gasteiger partial charge in [-0.15, -0.1) is 5.10 Å². The maximum Gasteiger partial charge on any atom is 0.234 e. The summed E-state index contributed by atoms with van der Waals surface area (Å²) in [4.78, 5) is 12.3. The van der Waals surface area contributed by atoms with E-state index in [1.54, 1.807) is 23.9 Å². The van der Waals surface area contributed by atoms with Crippen LogP contribution in [0.3, 0.4) is 0 Å². The lowest BCUT2D eigenvalue weighted by Gasteiger charge is -2.11. The number of rotatable bonds is 6. The molecule has 1 N–H and O–H groups in total. The van der Waals surface area contributed by atoms with E-state index in [0.717, 1.165) is 16.8 Å². The first-order valence-electron chi connectivity index (χ1n) is 8.01. The van der Waals surface area contributed by atoms with Gasteiger partial charge in [-0.3, -0.25) is 4.79 Å². The molecule has 7 nitrogen and oxygen atoms in total. The number of para-hydroxylation sites is 3. The summed E-state index contributed by atoms with van der Waals surface area (Å²) in [5.74, 6) is 0.644. The Labute approximate surface area is 155 Å². The molecule has 0 radical (unpaired) electrons. The molecule has 3 aromatic rings. The van der Waals surface area contributed by atoms with Crippen molar-refractivity contribution in [2.75, 3.05) is 18.2 Å². The van der Waals surface area contributed by atoms with E-state index in [1.807, 2.05) is 44.2 Å². The number of carbonyl (C=O) groups excluding carboxylic acids is 1. The number of hydrogen-bond donors (Lipinski definition) is 1. The van der Waals surface area contributed by atoms with Crippen LogP contribution in [0.15, 0.2) is 47.6 Å². The molecule has 1 amide bonds. The van der Waals surface area contributed by atoms with Crippen molar-refractivity contribution in [3.63, 3.8) is 0 Å². The van der Waals surface area contributed by atoms with Gasteiger partial charge in [0.15, 0.2) is 0 Å². The molecule has 2 aromatic carbocycles. The summed E-state index contributed by atoms with van der Waals surface area (Å²) in [6.07, 6.45) is 0. The monoisotopic (exact) mass is 369 g/mol. The lowest BCUT2D eigenvalue weighted by Crippen LogP contribution is -2.15. The van der Waals surface area contributed by atoms with Crippen LogP contribution in [0.1, 0.15) is 11.1 Å². The van der Waals surface area contributed by atoms with E-state index >= 15 is 0 Å². The fraction of sp³-hybridized carbons (Fsp3) is 0.222. The summed E-state index contributed by atoms with van der Waals surface area (Å²) in [6.45, 7) is 4.01. The van der Waals surface area contributed by atoms with Crippen LogP contribution >= 0.6 is 11.8 Å². The second-order valence-electron chi connectivity index (χ2n) is 5.65. The molecule has 26 heavy (non-hydrogen) atoms. The maximum atomic E-state index is 12.3. The van der Waals surface area contributed by atoms with Gasteiger partial charge in [-0.2, -0.15) is 4.68 Å². The topological polar surface area (TPSA) is 81.9 Å². The highest BCUT2D eigenvalue weighted by atomic mass is 32.2. The number of nitrogens with one attached hydrogen (secondary N) is 1. The molecule has 0 fully saturated rings. The van der Waals surface area contributed by atoms with Gasteiger partial charge in [0, 0.05) is 0 Å². The molecule has 0 spiro atoms. The zero-order valence-corrected chi connectivity index (χ0v) is 15.6. The third-order valence-corrected chi connectivity index (χ3v) is 4.72. The van der Waals surface area contributed by atoms with Crippen molar-refractivity contribution in [2.24, 2.45) is 0 Å². The van der Waals surface area contributed by atoms with Gasteiger partial charge in [0.05, 0.1) is 24.2 Å². The molecule has 8 heteroatoms. The first-order chi connectivity index (χ1) is 12.6. The first-order valence-corrected chi connectivity index (χ1v) is 8.99. The van der Waals surface area contributed by atoms with Crippen molar-refractivity contribution in [1.29, 1.82) is 0 Å². The Morgan fingerprint density at radius 2 is 1.88 bits per heavy atom. The zero-order valence-electron chi connectivity index (χ0n) is 14.8. The standard InChI is InChI=1S/C18H19N5O2S/c1-12-7-6-8-13(2)17(12)23-18(20-21-22-23)26-11-16(24)19-14-9-4-5-10-15(14)25-3/h4-10H,11H2,1-3H3,(H,19,24). The molecule has 0 aliphatic carbocycles. The van der Waals surface area contributed by atoms with Gasteiger partial charge >= 0.3 is 0 Å². The molecule has 0 saturated heterocycles. The largest absolute Gasteiger partial charge is 0.495 e. The normalized spacial score (nSPS) is 10.6. The summed E-state index contributed by atoms with van der Waals surface area (Å²) < 4.78 is 6.91. The number of methoxy groups -OCH3 is 1. The Morgan fingerprint density at radius 1 is 1.15 bits per heavy atom. The van der Waals surface area contributed by atoms with Crippen LogP contribution in [0.5, 0.6) is 5.75 Å². The Kier molecular flexibility index (Phi) is 5.52. The molecule has 0 unspecified atom stereocenters. The van der Waals surface area contributed by atoms with Crippen LogP contribution in [0.2, 0.25) is 0 Å². The number of carbonyl (C=O) groups is 1. The fourth-order valence-electron chi connectivity index (χ4n) is 2.61. The minimum atomic E-state index is -0.157. The number of hydrogen-bond acceptors (Lipinski definition) is 6. The molecule has 1 aromatic heterocycles. The van der Waals surface area contributed by atoms with Crippen LogP contribution in [0.25, 0.3) is 5.69 Å². The molecule has 134 valence electrons. The summed E-state index contributed by atoms with van der Waals surface area (Å²) in [5.41, 5.74) is 3.70. The molecule has 0 aliphatic heterocycles. The number of aromatic nitrogens is 4. The predicted octanol–water partition coefficient (Wildman–Crippen LogP) is 3.02. The molecule has 0 bridgehead atoms. The van der Waals surface area contributed by atoms with Crippen LogP contribution in [-0.4, -0.2) is 39.0 Å². The third kappa shape index (κ3) is 3.85. The molecule has 3 rings (SSSR count). The summed E-state index contributed by atoms with van der Waals surface area (Å²) >= 11 is 1.28. The SMILES string of the molecule is COc1ccccc1NC(=O)CSc1nnnn1-c1c(C)cccc1C.